The summed E-state index contributed by atoms with van der Waals surface area (Å²) in [5.41, 5.74) is -1.78. The number of carbonyl (C=O) groups excluding carboxylic acids is 3. The van der Waals surface area contributed by atoms with Gasteiger partial charge in [-0.25, -0.2) is 0 Å². The third-order valence-electron chi connectivity index (χ3n) is 7.70. The number of rotatable bonds is 3. The number of nitrogens with zero attached hydrogens (tertiary/aromatic N) is 1. The first kappa shape index (κ1) is 21.3. The summed E-state index contributed by atoms with van der Waals surface area (Å²) < 4.78 is 11.2. The third kappa shape index (κ3) is 2.64. The monoisotopic (exact) mass is 475 g/mol. The van der Waals surface area contributed by atoms with Crippen molar-refractivity contribution in [3.63, 3.8) is 0 Å². The Bertz CT molecular complexity index is 1360. The van der Waals surface area contributed by atoms with E-state index in [1.54, 1.807) is 42.2 Å². The highest BCUT2D eigenvalue weighted by Crippen LogP contribution is 2.79. The fraction of sp³-hybridized carbons (Fsp3) is 0.296. The van der Waals surface area contributed by atoms with Crippen molar-refractivity contribution in [3.8, 4) is 5.75 Å². The van der Waals surface area contributed by atoms with Crippen molar-refractivity contribution >= 4 is 40.0 Å². The second-order valence-electron chi connectivity index (χ2n) is 9.27. The van der Waals surface area contributed by atoms with E-state index in [9.17, 15) is 14.4 Å². The van der Waals surface area contributed by atoms with Gasteiger partial charge in [-0.3, -0.25) is 14.4 Å². The van der Waals surface area contributed by atoms with Crippen LogP contribution in [0.1, 0.15) is 28.8 Å². The molecule has 0 unspecified atom stereocenters. The fourth-order valence-corrected chi connectivity index (χ4v) is 6.08. The lowest BCUT2D eigenvalue weighted by Crippen LogP contribution is -2.50. The van der Waals surface area contributed by atoms with Crippen molar-refractivity contribution < 1.29 is 23.9 Å². The van der Waals surface area contributed by atoms with Gasteiger partial charge in [-0.2, -0.15) is 0 Å². The van der Waals surface area contributed by atoms with Crippen molar-refractivity contribution in [2.75, 3.05) is 26.3 Å². The van der Waals surface area contributed by atoms with E-state index in [0.717, 1.165) is 16.3 Å². The second-order valence-corrected chi connectivity index (χ2v) is 9.71. The normalized spacial score (nSPS) is 27.5. The molecule has 1 amide bonds. The minimum Gasteiger partial charge on any atom is -0.425 e. The highest BCUT2D eigenvalue weighted by molar-refractivity contribution is 6.30. The molecule has 1 saturated heterocycles. The fourth-order valence-electron chi connectivity index (χ4n) is 5.96. The van der Waals surface area contributed by atoms with Crippen molar-refractivity contribution in [2.24, 2.45) is 10.8 Å². The van der Waals surface area contributed by atoms with Crippen molar-refractivity contribution in [1.82, 2.24) is 4.90 Å². The number of carbonyl (C=O) groups is 3. The van der Waals surface area contributed by atoms with Crippen LogP contribution in [0.3, 0.4) is 0 Å². The summed E-state index contributed by atoms with van der Waals surface area (Å²) in [6.07, 6.45) is 0. The van der Waals surface area contributed by atoms with E-state index in [1.165, 1.54) is 0 Å². The minimum atomic E-state index is -1.63. The number of halogens is 1. The zero-order valence-electron chi connectivity index (χ0n) is 18.5. The number of fused-ring (bicyclic) bond motifs is 5. The molecule has 0 N–H and O–H groups in total. The summed E-state index contributed by atoms with van der Waals surface area (Å²) in [4.78, 5) is 43.4. The van der Waals surface area contributed by atoms with E-state index in [1.807, 2.05) is 30.3 Å². The lowest BCUT2D eigenvalue weighted by atomic mass is 9.86. The van der Waals surface area contributed by atoms with E-state index in [0.29, 0.717) is 42.6 Å². The first-order chi connectivity index (χ1) is 16.4. The molecule has 6 rings (SSSR count). The van der Waals surface area contributed by atoms with Crippen LogP contribution in [0, 0.1) is 10.8 Å². The molecule has 3 aromatic carbocycles. The van der Waals surface area contributed by atoms with Gasteiger partial charge in [0, 0.05) is 35.2 Å². The van der Waals surface area contributed by atoms with E-state index in [2.05, 4.69) is 0 Å². The van der Waals surface area contributed by atoms with Crippen molar-refractivity contribution in [3.05, 3.63) is 76.8 Å². The molecule has 3 atom stereocenters. The number of ketones is 1. The molecule has 1 aliphatic carbocycles. The Morgan fingerprint density at radius 2 is 1.71 bits per heavy atom. The number of amides is 1. The Morgan fingerprint density at radius 1 is 1.00 bits per heavy atom. The van der Waals surface area contributed by atoms with Crippen LogP contribution in [0.25, 0.3) is 10.8 Å². The maximum atomic E-state index is 14.1. The van der Waals surface area contributed by atoms with Gasteiger partial charge in [0.05, 0.1) is 18.6 Å². The summed E-state index contributed by atoms with van der Waals surface area (Å²) in [6.45, 7) is 3.25. The molecule has 0 bridgehead atoms. The van der Waals surface area contributed by atoms with Gasteiger partial charge < -0.3 is 14.4 Å². The molecule has 0 aromatic heterocycles. The van der Waals surface area contributed by atoms with Gasteiger partial charge in [0.1, 0.15) is 5.75 Å². The summed E-state index contributed by atoms with van der Waals surface area (Å²) in [6, 6.07) is 18.0. The lowest BCUT2D eigenvalue weighted by Gasteiger charge is -2.32. The van der Waals surface area contributed by atoms with Gasteiger partial charge >= 0.3 is 5.97 Å². The third-order valence-corrected chi connectivity index (χ3v) is 7.96. The predicted molar refractivity (Wildman–Crippen MR) is 126 cm³/mol. The molecule has 1 saturated carbocycles. The Kier molecular flexibility index (Phi) is 4.63. The molecule has 3 aliphatic rings. The Labute approximate surface area is 201 Å². The Morgan fingerprint density at radius 3 is 2.44 bits per heavy atom. The number of Topliss-reactive ketones (excluding diaryl/α,β-unsaturated/α-hetero) is 1. The smallest absolute Gasteiger partial charge is 0.328 e. The van der Waals surface area contributed by atoms with Crippen LogP contribution in [-0.4, -0.2) is 48.9 Å². The zero-order valence-corrected chi connectivity index (χ0v) is 19.3. The van der Waals surface area contributed by atoms with E-state index < -0.39 is 22.7 Å². The van der Waals surface area contributed by atoms with Crippen LogP contribution in [0.15, 0.2) is 60.7 Å². The summed E-state index contributed by atoms with van der Waals surface area (Å²) in [7, 11) is 0. The standard InChI is InChI=1S/C27H22ClNO5/c1-26(23(30)17-6-9-18(28)10-7-17)22-21-19-5-3-2-4-16(19)8-11-20(21)34-25(32)27(22,26)24(31)29-12-14-33-15-13-29/h2-11,22H,12-15H2,1H3/t22-,26+,27+/m1/s1. The molecule has 2 aliphatic heterocycles. The van der Waals surface area contributed by atoms with E-state index >= 15 is 0 Å². The van der Waals surface area contributed by atoms with E-state index in [-0.39, 0.29) is 11.7 Å². The van der Waals surface area contributed by atoms with Crippen LogP contribution in [-0.2, 0) is 14.3 Å². The molecular weight excluding hydrogens is 454 g/mol. The number of ether oxygens (including phenoxy) is 2. The highest BCUT2D eigenvalue weighted by atomic mass is 35.5. The lowest BCUT2D eigenvalue weighted by molar-refractivity contribution is -0.156. The topological polar surface area (TPSA) is 72.9 Å². The molecule has 0 radical (unpaired) electrons. The Balaban J connectivity index is 1.57. The van der Waals surface area contributed by atoms with Crippen LogP contribution in [0.4, 0.5) is 0 Å². The summed E-state index contributed by atoms with van der Waals surface area (Å²) in [5.74, 6) is -1.53. The molecule has 34 heavy (non-hydrogen) atoms. The zero-order chi connectivity index (χ0) is 23.7. The maximum Gasteiger partial charge on any atom is 0.328 e. The maximum absolute atomic E-state index is 14.1. The number of morpholine rings is 1. The molecule has 172 valence electrons. The summed E-state index contributed by atoms with van der Waals surface area (Å²) in [5, 5.41) is 2.34. The molecule has 6 nitrogen and oxygen atoms in total. The van der Waals surface area contributed by atoms with Crippen molar-refractivity contribution in [1.29, 1.82) is 0 Å². The first-order valence-corrected chi connectivity index (χ1v) is 11.7. The van der Waals surface area contributed by atoms with Crippen molar-refractivity contribution in [2.45, 2.75) is 12.8 Å². The van der Waals surface area contributed by atoms with Gasteiger partial charge in [-0.15, -0.1) is 0 Å². The average Bonchev–Trinajstić information content (AvgIpc) is 3.46. The van der Waals surface area contributed by atoms with Crippen LogP contribution in [0.2, 0.25) is 5.02 Å². The molecule has 2 fully saturated rings. The van der Waals surface area contributed by atoms with Gasteiger partial charge in [0.2, 0.25) is 5.91 Å². The molecular formula is C27H22ClNO5. The molecule has 2 heterocycles. The molecule has 3 aromatic rings. The van der Waals surface area contributed by atoms with Crippen LogP contribution < -0.4 is 4.74 Å². The quantitative estimate of drug-likeness (QED) is 0.245. The number of benzene rings is 3. The minimum absolute atomic E-state index is 0.270. The number of esters is 1. The van der Waals surface area contributed by atoms with Gasteiger partial charge in [0.25, 0.3) is 0 Å². The van der Waals surface area contributed by atoms with Crippen LogP contribution in [0.5, 0.6) is 5.75 Å². The molecule has 0 spiro atoms. The number of hydrogen-bond donors (Lipinski definition) is 0. The SMILES string of the molecule is C[C@@]1(C(=O)c2ccc(Cl)cc2)[C@H]2c3c(ccc4ccccc34)OC(=O)[C@@]21C(=O)N1CCOCC1. The van der Waals surface area contributed by atoms with Gasteiger partial charge in [-0.05, 0) is 48.0 Å². The second kappa shape index (κ2) is 7.39. The number of hydrogen-bond acceptors (Lipinski definition) is 5. The first-order valence-electron chi connectivity index (χ1n) is 11.3. The van der Waals surface area contributed by atoms with E-state index in [4.69, 9.17) is 21.1 Å². The van der Waals surface area contributed by atoms with Gasteiger partial charge in [0.15, 0.2) is 11.2 Å². The predicted octanol–water partition coefficient (Wildman–Crippen LogP) is 4.24. The summed E-state index contributed by atoms with van der Waals surface area (Å²) >= 11 is 6.04. The van der Waals surface area contributed by atoms with Gasteiger partial charge in [-0.1, -0.05) is 41.9 Å². The Hall–Kier alpha value is -3.22. The van der Waals surface area contributed by atoms with Crippen LogP contribution >= 0.6 is 11.6 Å². The highest BCUT2D eigenvalue weighted by Gasteiger charge is 2.88. The molecule has 7 heteroatoms. The average molecular weight is 476 g/mol. The largest absolute Gasteiger partial charge is 0.425 e.